The SMILES string of the molecule is CC(=O)N[C@@H](Cc1ccccc1)C(=O)NC1CSSCC(C(=O)N[C@@H](CCCCN)C(=O)N[C@@H](Cc2ccc(O)cc2)C(=O)N[C@@H](CC(C)C)C(N)=O)NC(=O)C(Cc2ccc(O)cc2)NC(=O)[C@H](CC(=O)O)NC(=O)C(CO)NC1=O. The number of carboxylic acids is 1. The molecule has 28 heteroatoms. The molecule has 1 aliphatic rings. The Kier molecular flexibility index (Phi) is 27.4. The van der Waals surface area contributed by atoms with Crippen molar-refractivity contribution in [2.24, 2.45) is 17.4 Å². The van der Waals surface area contributed by atoms with Crippen molar-refractivity contribution in [1.29, 1.82) is 0 Å². The van der Waals surface area contributed by atoms with Crippen molar-refractivity contribution in [1.82, 2.24) is 47.9 Å². The Morgan fingerprint density at radius 3 is 1.72 bits per heavy atom. The summed E-state index contributed by atoms with van der Waals surface area (Å²) in [7, 11) is 1.80. The van der Waals surface area contributed by atoms with Gasteiger partial charge in [0.05, 0.1) is 13.0 Å². The van der Waals surface area contributed by atoms with E-state index in [1.165, 1.54) is 55.5 Å². The van der Waals surface area contributed by atoms with Crippen LogP contribution in [0.2, 0.25) is 0 Å². The number of aliphatic hydroxyl groups excluding tert-OH is 1. The molecule has 4 unspecified atom stereocenters. The minimum atomic E-state index is -1.96. The molecule has 4 rings (SSSR count). The van der Waals surface area contributed by atoms with Gasteiger partial charge in [-0.3, -0.25) is 52.7 Å². The van der Waals surface area contributed by atoms with E-state index < -0.39 is 132 Å². The second kappa shape index (κ2) is 33.7. The number of aromatic hydroxyl groups is 2. The average Bonchev–Trinajstić information content (AvgIpc) is 3.61. The molecule has 3 aromatic carbocycles. The van der Waals surface area contributed by atoms with Gasteiger partial charge in [-0.05, 0) is 79.1 Å². The number of phenolic OH excluding ortho intramolecular Hbond substituents is 2. The lowest BCUT2D eigenvalue weighted by atomic mass is 10.0. The van der Waals surface area contributed by atoms with E-state index in [2.05, 4.69) is 47.9 Å². The van der Waals surface area contributed by atoms with Crippen LogP contribution in [-0.2, 0) is 72.0 Å². The molecule has 0 saturated carbocycles. The van der Waals surface area contributed by atoms with Gasteiger partial charge < -0.3 is 79.7 Å². The number of nitrogens with two attached hydrogens (primary N) is 2. The number of benzene rings is 3. The number of rotatable bonds is 25. The molecule has 0 bridgehead atoms. The molecule has 1 heterocycles. The first-order valence-corrected chi connectivity index (χ1v) is 28.8. The molecule has 1 fully saturated rings. The largest absolute Gasteiger partial charge is 0.508 e. The van der Waals surface area contributed by atoms with Gasteiger partial charge in [0.1, 0.15) is 65.9 Å². The van der Waals surface area contributed by atoms with Gasteiger partial charge in [0.25, 0.3) is 0 Å². The highest BCUT2D eigenvalue weighted by Crippen LogP contribution is 2.24. The maximum atomic E-state index is 14.7. The van der Waals surface area contributed by atoms with Crippen LogP contribution in [0, 0.1) is 5.92 Å². The summed E-state index contributed by atoms with van der Waals surface area (Å²) in [4.78, 5) is 151. The third-order valence-electron chi connectivity index (χ3n) is 12.6. The molecule has 82 heavy (non-hydrogen) atoms. The van der Waals surface area contributed by atoms with Crippen LogP contribution < -0.4 is 59.3 Å². The number of carboxylic acid groups (broad SMARTS) is 1. The Hall–Kier alpha value is -7.95. The van der Waals surface area contributed by atoms with Crippen LogP contribution in [0.25, 0.3) is 0 Å². The van der Waals surface area contributed by atoms with Crippen LogP contribution in [0.15, 0.2) is 78.9 Å². The van der Waals surface area contributed by atoms with Gasteiger partial charge >= 0.3 is 5.97 Å². The molecule has 1 aliphatic heterocycles. The van der Waals surface area contributed by atoms with E-state index in [1.807, 2.05) is 13.8 Å². The Morgan fingerprint density at radius 1 is 0.622 bits per heavy atom. The fourth-order valence-electron chi connectivity index (χ4n) is 8.29. The van der Waals surface area contributed by atoms with Crippen LogP contribution in [0.3, 0.4) is 0 Å². The normalized spacial score (nSPS) is 19.7. The van der Waals surface area contributed by atoms with Gasteiger partial charge in [-0.15, -0.1) is 0 Å². The van der Waals surface area contributed by atoms with Crippen molar-refractivity contribution in [2.45, 2.75) is 127 Å². The number of carbonyl (C=O) groups excluding carboxylic acids is 10. The van der Waals surface area contributed by atoms with E-state index in [1.54, 1.807) is 30.3 Å². The van der Waals surface area contributed by atoms with E-state index in [9.17, 15) is 73.2 Å². The summed E-state index contributed by atoms with van der Waals surface area (Å²) in [5.41, 5.74) is 12.9. The summed E-state index contributed by atoms with van der Waals surface area (Å²) in [6.45, 7) is 3.92. The van der Waals surface area contributed by atoms with E-state index in [0.717, 1.165) is 21.6 Å². The molecule has 17 N–H and O–H groups in total. The minimum absolute atomic E-state index is 0.0209. The number of hydrogen-bond donors (Lipinski definition) is 15. The highest BCUT2D eigenvalue weighted by molar-refractivity contribution is 8.76. The van der Waals surface area contributed by atoms with Crippen LogP contribution in [0.5, 0.6) is 11.5 Å². The Balaban J connectivity index is 1.77. The monoisotopic (exact) mass is 1180 g/mol. The first kappa shape index (κ1) is 66.6. The molecular formula is C54H73N11O15S2. The van der Waals surface area contributed by atoms with Gasteiger partial charge in [-0.1, -0.05) is 90.0 Å². The average molecular weight is 1180 g/mol. The lowest BCUT2D eigenvalue weighted by molar-refractivity contribution is -0.141. The lowest BCUT2D eigenvalue weighted by Crippen LogP contribution is -2.61. The third kappa shape index (κ3) is 22.9. The Labute approximate surface area is 481 Å². The highest BCUT2D eigenvalue weighted by Gasteiger charge is 2.37. The molecule has 1 saturated heterocycles. The Morgan fingerprint density at radius 2 is 1.15 bits per heavy atom. The number of hydrogen-bond acceptors (Lipinski definition) is 17. The summed E-state index contributed by atoms with van der Waals surface area (Å²) in [5, 5.41) is 62.8. The van der Waals surface area contributed by atoms with Crippen molar-refractivity contribution < 1.29 is 73.2 Å². The van der Waals surface area contributed by atoms with E-state index >= 15 is 0 Å². The fraction of sp³-hybridized carbons (Fsp3) is 0.463. The van der Waals surface area contributed by atoms with Gasteiger partial charge in [0, 0.05) is 37.7 Å². The molecule has 9 atom stereocenters. The molecule has 26 nitrogen and oxygen atoms in total. The molecule has 0 aliphatic carbocycles. The molecule has 10 amide bonds. The summed E-state index contributed by atoms with van der Waals surface area (Å²) in [5.74, 6) is -12.0. The number of primary amides is 1. The number of aliphatic carboxylic acids is 1. The van der Waals surface area contributed by atoms with Crippen molar-refractivity contribution in [3.63, 3.8) is 0 Å². The van der Waals surface area contributed by atoms with E-state index in [4.69, 9.17) is 11.5 Å². The molecular weight excluding hydrogens is 1110 g/mol. The molecule has 0 aromatic heterocycles. The maximum absolute atomic E-state index is 14.7. The predicted molar refractivity (Wildman–Crippen MR) is 303 cm³/mol. The number of phenols is 2. The van der Waals surface area contributed by atoms with Crippen LogP contribution in [0.4, 0.5) is 0 Å². The van der Waals surface area contributed by atoms with Crippen molar-refractivity contribution >= 4 is 86.6 Å². The second-order valence-corrected chi connectivity index (χ2v) is 22.4. The zero-order valence-corrected chi connectivity index (χ0v) is 47.1. The Bertz CT molecular complexity index is 2690. The zero-order chi connectivity index (χ0) is 60.5. The van der Waals surface area contributed by atoms with Gasteiger partial charge in [0.15, 0.2) is 0 Å². The third-order valence-corrected chi connectivity index (χ3v) is 15.0. The number of nitrogens with one attached hydrogen (secondary N) is 9. The van der Waals surface area contributed by atoms with Gasteiger partial charge in [-0.2, -0.15) is 0 Å². The first-order valence-electron chi connectivity index (χ1n) is 26.3. The van der Waals surface area contributed by atoms with Crippen molar-refractivity contribution in [2.75, 3.05) is 24.7 Å². The van der Waals surface area contributed by atoms with Crippen LogP contribution in [0.1, 0.15) is 69.6 Å². The molecule has 0 spiro atoms. The number of aliphatic hydroxyl groups is 1. The van der Waals surface area contributed by atoms with E-state index in [-0.39, 0.29) is 74.0 Å². The standard InChI is InChI=1S/C54H73N11O15S2/c1-29(2)21-37(46(56)72)59-49(75)39(23-32-12-16-34(68)17-13-32)60-47(73)36(11-7-8-20-55)58-53(79)43-27-81-82-28-44(64-48(74)38(57-30(3)67)22-31-9-5-4-6-10-31)54(80)63-42(26-66)52(78)62-41(25-45(70)71)51(77)61-40(50(76)65-43)24-33-14-18-35(69)19-15-33/h4-6,9-10,12-19,29,36-44,66,68-69H,7-8,11,20-28,55H2,1-3H3,(H2,56,72)(H,57,67)(H,58,79)(H,59,75)(H,60,73)(H,61,77)(H,62,78)(H,63,80)(H,64,74)(H,65,76)(H,70,71)/t36-,37-,38-,39-,40?,41-,42?,43?,44?/m0/s1. The molecule has 446 valence electrons. The van der Waals surface area contributed by atoms with Gasteiger partial charge in [0.2, 0.25) is 59.1 Å². The smallest absolute Gasteiger partial charge is 0.305 e. The minimum Gasteiger partial charge on any atom is -0.508 e. The summed E-state index contributed by atoms with van der Waals surface area (Å²) in [6, 6.07) is 6.02. The summed E-state index contributed by atoms with van der Waals surface area (Å²) < 4.78 is 0. The highest BCUT2D eigenvalue weighted by atomic mass is 33.1. The van der Waals surface area contributed by atoms with Gasteiger partial charge in [-0.25, -0.2) is 0 Å². The molecule has 3 aromatic rings. The quantitative estimate of drug-likeness (QED) is 0.0323. The van der Waals surface area contributed by atoms with E-state index in [0.29, 0.717) is 23.1 Å². The number of unbranched alkanes of at least 4 members (excludes halogenated alkanes) is 1. The number of amides is 10. The molecule has 0 radical (unpaired) electrons. The summed E-state index contributed by atoms with van der Waals surface area (Å²) in [6.07, 6.45) is -0.850. The zero-order valence-electron chi connectivity index (χ0n) is 45.5. The first-order chi connectivity index (χ1) is 39.0. The topological polar surface area (TPSA) is 429 Å². The number of carbonyl (C=O) groups is 11. The van der Waals surface area contributed by atoms with Crippen LogP contribution in [-0.4, -0.2) is 165 Å². The van der Waals surface area contributed by atoms with Crippen molar-refractivity contribution in [3.8, 4) is 11.5 Å². The maximum Gasteiger partial charge on any atom is 0.305 e. The second-order valence-electron chi connectivity index (χ2n) is 19.8. The van der Waals surface area contributed by atoms with Crippen LogP contribution >= 0.6 is 21.6 Å². The fourth-order valence-corrected chi connectivity index (χ4v) is 10.6. The lowest BCUT2D eigenvalue weighted by Gasteiger charge is -2.28. The summed E-state index contributed by atoms with van der Waals surface area (Å²) >= 11 is 0. The predicted octanol–water partition coefficient (Wildman–Crippen LogP) is -1.97. The van der Waals surface area contributed by atoms with Crippen molar-refractivity contribution in [3.05, 3.63) is 95.6 Å².